The van der Waals surface area contributed by atoms with Crippen LogP contribution in [0.4, 0.5) is 0 Å². The second-order valence-electron chi connectivity index (χ2n) is 9.59. The SMILES string of the molecule is CC1(Br)C[C@H]2[C@@H]3CCC4CCCC[C@]4(C)[C@@H]3CC[C@]2(C)C1=O. The second-order valence-corrected chi connectivity index (χ2v) is 11.3. The zero-order valence-corrected chi connectivity index (χ0v) is 16.0. The molecule has 0 aromatic rings. The normalized spacial score (nSPS) is 57.9. The van der Waals surface area contributed by atoms with E-state index in [2.05, 4.69) is 36.7 Å². The van der Waals surface area contributed by atoms with Gasteiger partial charge in [0.2, 0.25) is 0 Å². The molecule has 0 aliphatic heterocycles. The molecule has 4 aliphatic carbocycles. The highest BCUT2D eigenvalue weighted by Gasteiger charge is 2.64. The number of hydrogen-bond acceptors (Lipinski definition) is 1. The third-order valence-corrected chi connectivity index (χ3v) is 9.25. The van der Waals surface area contributed by atoms with E-state index in [9.17, 15) is 4.79 Å². The maximum Gasteiger partial charge on any atom is 0.155 e. The molecule has 0 saturated heterocycles. The number of carbonyl (C=O) groups is 1. The van der Waals surface area contributed by atoms with Gasteiger partial charge in [-0.15, -0.1) is 0 Å². The van der Waals surface area contributed by atoms with E-state index in [1.807, 2.05) is 0 Å². The molecule has 2 unspecified atom stereocenters. The van der Waals surface area contributed by atoms with Crippen LogP contribution in [0, 0.1) is 34.5 Å². The van der Waals surface area contributed by atoms with Crippen LogP contribution in [0.3, 0.4) is 0 Å². The van der Waals surface area contributed by atoms with E-state index in [1.165, 1.54) is 44.9 Å². The lowest BCUT2D eigenvalue weighted by Gasteiger charge is -2.59. The average molecular weight is 367 g/mol. The van der Waals surface area contributed by atoms with Gasteiger partial charge in [-0.25, -0.2) is 0 Å². The number of carbonyl (C=O) groups excluding carboxylic acids is 1. The fourth-order valence-corrected chi connectivity index (χ4v) is 8.18. The molecule has 1 nitrogen and oxygen atoms in total. The third-order valence-electron chi connectivity index (χ3n) is 8.57. The van der Waals surface area contributed by atoms with E-state index < -0.39 is 0 Å². The number of halogens is 1. The smallest absolute Gasteiger partial charge is 0.155 e. The van der Waals surface area contributed by atoms with Crippen molar-refractivity contribution in [2.24, 2.45) is 34.5 Å². The van der Waals surface area contributed by atoms with Gasteiger partial charge in [0.1, 0.15) is 0 Å². The Labute approximate surface area is 144 Å². The summed E-state index contributed by atoms with van der Waals surface area (Å²) >= 11 is 3.78. The van der Waals surface area contributed by atoms with Crippen molar-refractivity contribution in [1.29, 1.82) is 0 Å². The average Bonchev–Trinajstić information content (AvgIpc) is 2.66. The van der Waals surface area contributed by atoms with Crippen molar-refractivity contribution in [3.63, 3.8) is 0 Å². The Bertz CT molecular complexity index is 498. The van der Waals surface area contributed by atoms with Crippen molar-refractivity contribution in [2.75, 3.05) is 0 Å². The number of ketones is 1. The summed E-state index contributed by atoms with van der Waals surface area (Å²) in [6, 6.07) is 0. The molecule has 0 aromatic heterocycles. The number of Topliss-reactive ketones (excluding diaryl/α,β-unsaturated/α-hetero) is 1. The van der Waals surface area contributed by atoms with Crippen LogP contribution < -0.4 is 0 Å². The summed E-state index contributed by atoms with van der Waals surface area (Å²) in [5, 5.41) is 0. The Hall–Kier alpha value is 0.150. The van der Waals surface area contributed by atoms with Gasteiger partial charge in [0, 0.05) is 5.41 Å². The van der Waals surface area contributed by atoms with Crippen molar-refractivity contribution < 1.29 is 4.79 Å². The largest absolute Gasteiger partial charge is 0.298 e. The maximum atomic E-state index is 13.0. The van der Waals surface area contributed by atoms with Crippen LogP contribution in [0.1, 0.15) is 78.6 Å². The Morgan fingerprint density at radius 2 is 1.73 bits per heavy atom. The molecule has 4 aliphatic rings. The third kappa shape index (κ3) is 1.91. The molecule has 4 rings (SSSR count). The summed E-state index contributed by atoms with van der Waals surface area (Å²) in [4.78, 5) is 13.0. The zero-order chi connectivity index (χ0) is 15.8. The Morgan fingerprint density at radius 3 is 2.50 bits per heavy atom. The summed E-state index contributed by atoms with van der Waals surface area (Å²) in [6.07, 6.45) is 12.1. The van der Waals surface area contributed by atoms with E-state index in [4.69, 9.17) is 0 Å². The Morgan fingerprint density at radius 1 is 0.955 bits per heavy atom. The highest BCUT2D eigenvalue weighted by Crippen LogP contribution is 2.67. The van der Waals surface area contributed by atoms with E-state index in [0.29, 0.717) is 17.1 Å². The standard InChI is InChI=1S/C20H31BrO/c1-18-10-5-4-6-13(18)7-8-14-15(18)9-11-19(2)16(14)12-20(3,21)17(19)22/h13-16H,4-12H2,1-3H3/t13?,14-,15-,16+,18+,19+,20?/m1/s1. The van der Waals surface area contributed by atoms with Crippen LogP contribution in [0.15, 0.2) is 0 Å². The van der Waals surface area contributed by atoms with Gasteiger partial charge in [0.25, 0.3) is 0 Å². The van der Waals surface area contributed by atoms with Crippen molar-refractivity contribution in [2.45, 2.75) is 82.9 Å². The van der Waals surface area contributed by atoms with E-state index >= 15 is 0 Å². The highest BCUT2D eigenvalue weighted by molar-refractivity contribution is 9.10. The van der Waals surface area contributed by atoms with E-state index in [1.54, 1.807) is 0 Å². The molecule has 0 N–H and O–H groups in total. The van der Waals surface area contributed by atoms with Crippen molar-refractivity contribution >= 4 is 21.7 Å². The molecule has 0 heterocycles. The first kappa shape index (κ1) is 15.7. The van der Waals surface area contributed by atoms with Gasteiger partial charge in [0.05, 0.1) is 4.32 Å². The minimum Gasteiger partial charge on any atom is -0.298 e. The lowest BCUT2D eigenvalue weighted by molar-refractivity contribution is -0.139. The Balaban J connectivity index is 1.68. The summed E-state index contributed by atoms with van der Waals surface area (Å²) in [6.45, 7) is 7.03. The first-order valence-electron chi connectivity index (χ1n) is 9.53. The maximum absolute atomic E-state index is 13.0. The quantitative estimate of drug-likeness (QED) is 0.498. The lowest BCUT2D eigenvalue weighted by atomic mass is 9.45. The minimum atomic E-state index is -0.258. The van der Waals surface area contributed by atoms with E-state index in [0.717, 1.165) is 30.6 Å². The predicted octanol–water partition coefficient (Wildman–Crippen LogP) is 5.75. The van der Waals surface area contributed by atoms with Gasteiger partial charge < -0.3 is 0 Å². The van der Waals surface area contributed by atoms with Gasteiger partial charge >= 0.3 is 0 Å². The zero-order valence-electron chi connectivity index (χ0n) is 14.5. The van der Waals surface area contributed by atoms with Crippen molar-refractivity contribution in [1.82, 2.24) is 0 Å². The number of alkyl halides is 1. The van der Waals surface area contributed by atoms with Crippen LogP contribution in [0.5, 0.6) is 0 Å². The van der Waals surface area contributed by atoms with Crippen LogP contribution >= 0.6 is 15.9 Å². The molecule has 4 saturated carbocycles. The Kier molecular flexibility index (Phi) is 3.44. The van der Waals surface area contributed by atoms with E-state index in [-0.39, 0.29) is 9.74 Å². The van der Waals surface area contributed by atoms with Crippen LogP contribution in [-0.4, -0.2) is 10.1 Å². The number of hydrogen-bond donors (Lipinski definition) is 0. The molecular formula is C20H31BrO. The summed E-state index contributed by atoms with van der Waals surface area (Å²) < 4.78 is -0.258. The molecular weight excluding hydrogens is 336 g/mol. The molecule has 2 heteroatoms. The van der Waals surface area contributed by atoms with Crippen LogP contribution in [0.25, 0.3) is 0 Å². The number of fused-ring (bicyclic) bond motifs is 5. The molecule has 4 fully saturated rings. The molecule has 0 radical (unpaired) electrons. The summed E-state index contributed by atoms with van der Waals surface area (Å²) in [5.41, 5.74) is 0.536. The van der Waals surface area contributed by atoms with Crippen molar-refractivity contribution in [3.8, 4) is 0 Å². The monoisotopic (exact) mass is 366 g/mol. The fourth-order valence-electron chi connectivity index (χ4n) is 7.37. The van der Waals surface area contributed by atoms with Gasteiger partial charge in [-0.1, -0.05) is 42.6 Å². The lowest BCUT2D eigenvalue weighted by Crippen LogP contribution is -2.52. The highest BCUT2D eigenvalue weighted by atomic mass is 79.9. The first-order valence-corrected chi connectivity index (χ1v) is 10.3. The van der Waals surface area contributed by atoms with Crippen LogP contribution in [-0.2, 0) is 4.79 Å². The van der Waals surface area contributed by atoms with Gasteiger partial charge in [0.15, 0.2) is 5.78 Å². The van der Waals surface area contributed by atoms with Gasteiger partial charge in [-0.05, 0) is 81.0 Å². The minimum absolute atomic E-state index is 0.0444. The van der Waals surface area contributed by atoms with Gasteiger partial charge in [-0.2, -0.15) is 0 Å². The molecule has 0 aromatic carbocycles. The van der Waals surface area contributed by atoms with Crippen LogP contribution in [0.2, 0.25) is 0 Å². The molecule has 0 bridgehead atoms. The fraction of sp³-hybridized carbons (Fsp3) is 0.950. The number of rotatable bonds is 0. The summed E-state index contributed by atoms with van der Waals surface area (Å²) in [7, 11) is 0. The molecule has 124 valence electrons. The predicted molar refractivity (Wildman–Crippen MR) is 94.1 cm³/mol. The topological polar surface area (TPSA) is 17.1 Å². The first-order chi connectivity index (χ1) is 10.3. The second kappa shape index (κ2) is 4.83. The molecule has 22 heavy (non-hydrogen) atoms. The van der Waals surface area contributed by atoms with Gasteiger partial charge in [-0.3, -0.25) is 4.79 Å². The summed E-state index contributed by atoms with van der Waals surface area (Å²) in [5.74, 6) is 3.79. The molecule has 7 atom stereocenters. The molecule has 0 amide bonds. The molecule has 0 spiro atoms. The van der Waals surface area contributed by atoms with Crippen molar-refractivity contribution in [3.05, 3.63) is 0 Å².